The van der Waals surface area contributed by atoms with Gasteiger partial charge in [-0.2, -0.15) is 4.57 Å². The van der Waals surface area contributed by atoms with Gasteiger partial charge in [0.25, 0.3) is 0 Å². The van der Waals surface area contributed by atoms with E-state index < -0.39 is 0 Å². The van der Waals surface area contributed by atoms with Gasteiger partial charge in [0, 0.05) is 24.1 Å². The van der Waals surface area contributed by atoms with Crippen LogP contribution in [0.15, 0.2) is 78.9 Å². The maximum atomic E-state index is 2.56. The Morgan fingerprint density at radius 3 is 1.86 bits per heavy atom. The number of pyridine rings is 1. The van der Waals surface area contributed by atoms with Crippen LogP contribution in [-0.2, 0) is 6.54 Å². The molecule has 1 heterocycles. The Balaban J connectivity index is 1.87. The van der Waals surface area contributed by atoms with Crippen LogP contribution in [0.2, 0.25) is 0 Å². The maximum Gasteiger partial charge on any atom is 0.213 e. The number of aryl methyl sites for hydroxylation is 1. The number of para-hydroxylation sites is 2. The van der Waals surface area contributed by atoms with Crippen LogP contribution in [0.3, 0.4) is 0 Å². The minimum Gasteiger partial charge on any atom is -0.191 e. The molecule has 0 saturated carbocycles. The Hall–Kier alpha value is -2.67. The van der Waals surface area contributed by atoms with Gasteiger partial charge >= 0.3 is 0 Å². The van der Waals surface area contributed by atoms with Gasteiger partial charge in [-0.05, 0) is 23.6 Å². The second-order valence-electron chi connectivity index (χ2n) is 8.13. The number of hydrogen-bond donors (Lipinski definition) is 0. The van der Waals surface area contributed by atoms with Crippen molar-refractivity contribution in [1.82, 2.24) is 0 Å². The molecule has 0 saturated heterocycles. The predicted octanol–water partition coefficient (Wildman–Crippen LogP) is 7.55. The summed E-state index contributed by atoms with van der Waals surface area (Å²) in [6.07, 6.45) is 6.52. The summed E-state index contributed by atoms with van der Waals surface area (Å²) in [6, 6.07) is 28.7. The molecule has 1 nitrogen and oxygen atoms in total. The Kier molecular flexibility index (Phi) is 6.24. The molecule has 1 aromatic heterocycles. The quantitative estimate of drug-likeness (QED) is 0.219. The molecule has 1 heteroatoms. The SMILES string of the molecule is CCCCC(CC)CC[n+]1c2ccccc2c(-c2ccccc2)c2ccccc21. The van der Waals surface area contributed by atoms with Crippen LogP contribution in [0, 0.1) is 5.92 Å². The molecular weight excluding hydrogens is 350 g/mol. The monoisotopic (exact) mass is 382 g/mol. The number of benzene rings is 3. The first-order valence-corrected chi connectivity index (χ1v) is 11.2. The summed E-state index contributed by atoms with van der Waals surface area (Å²) in [5, 5.41) is 2.69. The first kappa shape index (κ1) is 19.6. The number of fused-ring (bicyclic) bond motifs is 2. The molecule has 0 aliphatic rings. The topological polar surface area (TPSA) is 3.88 Å². The van der Waals surface area contributed by atoms with Crippen LogP contribution in [0.5, 0.6) is 0 Å². The molecule has 4 rings (SSSR count). The van der Waals surface area contributed by atoms with Crippen molar-refractivity contribution in [2.75, 3.05) is 0 Å². The predicted molar refractivity (Wildman–Crippen MR) is 125 cm³/mol. The summed E-state index contributed by atoms with van der Waals surface area (Å²) in [5.74, 6) is 0.814. The lowest BCUT2D eigenvalue weighted by Gasteiger charge is -2.15. The normalized spacial score (nSPS) is 12.5. The van der Waals surface area contributed by atoms with E-state index in [-0.39, 0.29) is 0 Å². The van der Waals surface area contributed by atoms with E-state index in [0.717, 1.165) is 12.5 Å². The van der Waals surface area contributed by atoms with Crippen LogP contribution >= 0.6 is 0 Å². The molecule has 0 N–H and O–H groups in total. The number of unbranched alkanes of at least 4 members (excludes halogenated alkanes) is 1. The fourth-order valence-corrected chi connectivity index (χ4v) is 4.63. The first-order chi connectivity index (χ1) is 14.3. The summed E-state index contributed by atoms with van der Waals surface area (Å²) in [5.41, 5.74) is 5.33. The lowest BCUT2D eigenvalue weighted by Crippen LogP contribution is -2.36. The van der Waals surface area contributed by atoms with Crippen molar-refractivity contribution in [2.45, 2.75) is 52.5 Å². The largest absolute Gasteiger partial charge is 0.213 e. The van der Waals surface area contributed by atoms with E-state index in [4.69, 9.17) is 0 Å². The Morgan fingerprint density at radius 2 is 1.28 bits per heavy atom. The number of hydrogen-bond acceptors (Lipinski definition) is 0. The van der Waals surface area contributed by atoms with Crippen molar-refractivity contribution in [3.05, 3.63) is 78.9 Å². The summed E-state index contributed by atoms with van der Waals surface area (Å²) in [7, 11) is 0. The second-order valence-corrected chi connectivity index (χ2v) is 8.13. The third-order valence-electron chi connectivity index (χ3n) is 6.30. The van der Waals surface area contributed by atoms with Gasteiger partial charge in [-0.3, -0.25) is 0 Å². The highest BCUT2D eigenvalue weighted by molar-refractivity contribution is 6.07. The van der Waals surface area contributed by atoms with E-state index in [1.807, 2.05) is 0 Å². The second kappa shape index (κ2) is 9.22. The first-order valence-electron chi connectivity index (χ1n) is 11.2. The van der Waals surface area contributed by atoms with Gasteiger partial charge in [-0.15, -0.1) is 0 Å². The van der Waals surface area contributed by atoms with Crippen molar-refractivity contribution in [1.29, 1.82) is 0 Å². The molecule has 3 aromatic carbocycles. The third kappa shape index (κ3) is 4.05. The van der Waals surface area contributed by atoms with Crippen molar-refractivity contribution < 1.29 is 4.57 Å². The van der Waals surface area contributed by atoms with Crippen LogP contribution in [0.4, 0.5) is 0 Å². The van der Waals surface area contributed by atoms with Crippen molar-refractivity contribution in [3.63, 3.8) is 0 Å². The average Bonchev–Trinajstić information content (AvgIpc) is 2.79. The fraction of sp³-hybridized carbons (Fsp3) is 0.321. The molecule has 0 radical (unpaired) electrons. The smallest absolute Gasteiger partial charge is 0.191 e. The zero-order valence-corrected chi connectivity index (χ0v) is 17.8. The van der Waals surface area contributed by atoms with Gasteiger partial charge in [0.15, 0.2) is 0 Å². The highest BCUT2D eigenvalue weighted by Crippen LogP contribution is 2.34. The minimum absolute atomic E-state index is 0.814. The highest BCUT2D eigenvalue weighted by atomic mass is 15.0. The molecule has 0 fully saturated rings. The van der Waals surface area contributed by atoms with Gasteiger partial charge in [0.05, 0.1) is 10.8 Å². The molecule has 0 aliphatic heterocycles. The molecule has 148 valence electrons. The lowest BCUT2D eigenvalue weighted by molar-refractivity contribution is -0.646. The molecule has 4 aromatic rings. The third-order valence-corrected chi connectivity index (χ3v) is 6.30. The van der Waals surface area contributed by atoms with Gasteiger partial charge < -0.3 is 0 Å². The van der Waals surface area contributed by atoms with E-state index in [1.54, 1.807) is 0 Å². The zero-order valence-electron chi connectivity index (χ0n) is 17.8. The summed E-state index contributed by atoms with van der Waals surface area (Å²) in [6.45, 7) is 5.73. The minimum atomic E-state index is 0.814. The number of aromatic nitrogens is 1. The highest BCUT2D eigenvalue weighted by Gasteiger charge is 2.21. The van der Waals surface area contributed by atoms with Gasteiger partial charge in [-0.1, -0.05) is 94.1 Å². The van der Waals surface area contributed by atoms with E-state index in [0.29, 0.717) is 0 Å². The van der Waals surface area contributed by atoms with Crippen LogP contribution < -0.4 is 4.57 Å². The molecule has 29 heavy (non-hydrogen) atoms. The van der Waals surface area contributed by atoms with E-state index in [9.17, 15) is 0 Å². The van der Waals surface area contributed by atoms with Crippen LogP contribution in [0.25, 0.3) is 32.9 Å². The lowest BCUT2D eigenvalue weighted by atomic mass is 9.94. The summed E-state index contributed by atoms with van der Waals surface area (Å²) in [4.78, 5) is 0. The standard InChI is InChI=1S/C28H32N/c1-3-5-13-22(4-2)20-21-29-26-18-11-9-16-24(26)28(23-14-7-6-8-15-23)25-17-10-12-19-27(25)29/h6-12,14-19,22H,3-5,13,20-21H2,1-2H3/q+1. The molecule has 1 unspecified atom stereocenters. The number of rotatable bonds is 8. The van der Waals surface area contributed by atoms with E-state index >= 15 is 0 Å². The number of nitrogens with zero attached hydrogens (tertiary/aromatic N) is 1. The van der Waals surface area contributed by atoms with Crippen molar-refractivity contribution in [3.8, 4) is 11.1 Å². The molecule has 0 bridgehead atoms. The Morgan fingerprint density at radius 1 is 0.690 bits per heavy atom. The van der Waals surface area contributed by atoms with Gasteiger partial charge in [0.1, 0.15) is 6.54 Å². The molecule has 0 amide bonds. The Labute approximate surface area is 175 Å². The van der Waals surface area contributed by atoms with E-state index in [1.165, 1.54) is 65.0 Å². The Bertz CT molecular complexity index is 1020. The van der Waals surface area contributed by atoms with Crippen LogP contribution in [0.1, 0.15) is 46.0 Å². The molecule has 1 atom stereocenters. The maximum absolute atomic E-state index is 2.56. The van der Waals surface area contributed by atoms with E-state index in [2.05, 4.69) is 97.3 Å². The average molecular weight is 383 g/mol. The van der Waals surface area contributed by atoms with Crippen LogP contribution in [-0.4, -0.2) is 0 Å². The van der Waals surface area contributed by atoms with Gasteiger partial charge in [0.2, 0.25) is 11.0 Å². The molecular formula is C28H32N+. The van der Waals surface area contributed by atoms with Gasteiger partial charge in [-0.25, -0.2) is 0 Å². The summed E-state index contributed by atoms with van der Waals surface area (Å²) < 4.78 is 2.56. The zero-order chi connectivity index (χ0) is 20.1. The fourth-order valence-electron chi connectivity index (χ4n) is 4.63. The van der Waals surface area contributed by atoms with Crippen molar-refractivity contribution >= 4 is 21.8 Å². The summed E-state index contributed by atoms with van der Waals surface area (Å²) >= 11 is 0. The van der Waals surface area contributed by atoms with Crippen molar-refractivity contribution in [2.24, 2.45) is 5.92 Å². The molecule has 0 aliphatic carbocycles. The molecule has 0 spiro atoms.